The van der Waals surface area contributed by atoms with Gasteiger partial charge in [-0.25, -0.2) is 0 Å². The summed E-state index contributed by atoms with van der Waals surface area (Å²) in [5.41, 5.74) is -0.954. The van der Waals surface area contributed by atoms with Crippen molar-refractivity contribution < 1.29 is 31.5 Å². The quantitative estimate of drug-likeness (QED) is 0.737. The molecule has 0 aliphatic heterocycles. The van der Waals surface area contributed by atoms with Crippen LogP contribution in [0.4, 0.5) is 27.6 Å². The van der Waals surface area contributed by atoms with E-state index in [0.717, 1.165) is 7.05 Å². The van der Waals surface area contributed by atoms with Crippen LogP contribution in [0, 0.1) is 6.92 Å². The molecule has 11 heteroatoms. The van der Waals surface area contributed by atoms with Crippen molar-refractivity contribution in [3.05, 3.63) is 39.6 Å². The van der Waals surface area contributed by atoms with Gasteiger partial charge < -0.3 is 10.1 Å². The number of anilines is 1. The summed E-state index contributed by atoms with van der Waals surface area (Å²) in [7, 11) is 1.06. The predicted molar refractivity (Wildman–Crippen MR) is 81.7 cm³/mol. The molecule has 0 atom stereocenters. The van der Waals surface area contributed by atoms with Crippen molar-refractivity contribution in [2.45, 2.75) is 19.7 Å². The van der Waals surface area contributed by atoms with Crippen LogP contribution in [0.3, 0.4) is 0 Å². The maximum Gasteiger partial charge on any atom is 0.434 e. The fourth-order valence-corrected chi connectivity index (χ4v) is 2.83. The average molecular weight is 428 g/mol. The zero-order valence-corrected chi connectivity index (χ0v) is 14.4. The van der Waals surface area contributed by atoms with E-state index >= 15 is 0 Å². The molecular formula is C14H11BrF5N3O2. The first-order valence-electron chi connectivity index (χ1n) is 6.67. The minimum Gasteiger partial charge on any atom is -0.435 e. The highest BCUT2D eigenvalue weighted by molar-refractivity contribution is 9.10. The molecule has 0 fully saturated rings. The summed E-state index contributed by atoms with van der Waals surface area (Å²) in [5, 5.41) is 5.96. The Balaban J connectivity index is 2.26. The van der Waals surface area contributed by atoms with E-state index in [9.17, 15) is 26.7 Å². The van der Waals surface area contributed by atoms with Crippen molar-refractivity contribution >= 4 is 27.5 Å². The van der Waals surface area contributed by atoms with Gasteiger partial charge in [0, 0.05) is 12.7 Å². The summed E-state index contributed by atoms with van der Waals surface area (Å²) in [5.74, 6) is -0.993. The number of carbonyl (C=O) groups is 1. The monoisotopic (exact) mass is 427 g/mol. The number of hydrogen-bond donors (Lipinski definition) is 1. The fourth-order valence-electron chi connectivity index (χ4n) is 2.09. The van der Waals surface area contributed by atoms with Crippen LogP contribution in [0.2, 0.25) is 0 Å². The van der Waals surface area contributed by atoms with Crippen LogP contribution in [-0.4, -0.2) is 22.3 Å². The van der Waals surface area contributed by atoms with Gasteiger partial charge in [0.2, 0.25) is 0 Å². The summed E-state index contributed by atoms with van der Waals surface area (Å²) >= 11 is 2.74. The van der Waals surface area contributed by atoms with E-state index in [1.165, 1.54) is 25.1 Å². The zero-order valence-electron chi connectivity index (χ0n) is 12.8. The number of amides is 1. The lowest BCUT2D eigenvalue weighted by molar-refractivity contribution is -0.144. The number of ether oxygens (including phenoxy) is 1. The van der Waals surface area contributed by atoms with Gasteiger partial charge in [0.05, 0.1) is 4.47 Å². The van der Waals surface area contributed by atoms with Gasteiger partial charge in [0.15, 0.2) is 11.4 Å². The van der Waals surface area contributed by atoms with Crippen LogP contribution in [0.15, 0.2) is 22.7 Å². The van der Waals surface area contributed by atoms with Crippen molar-refractivity contribution in [1.82, 2.24) is 9.78 Å². The van der Waals surface area contributed by atoms with Crippen molar-refractivity contribution in [2.24, 2.45) is 7.05 Å². The van der Waals surface area contributed by atoms with E-state index in [2.05, 4.69) is 31.1 Å². The summed E-state index contributed by atoms with van der Waals surface area (Å²) < 4.78 is 67.4. The standard InChI is InChI=1S/C14H11BrF5N3O2/c1-6-5-7(25-13(16)17)3-4-8(6)21-12(24)10-9(15)11(14(18,19)20)23(2)22-10/h3-5,13H,1-2H3,(H,21,24). The van der Waals surface area contributed by atoms with Crippen LogP contribution in [-0.2, 0) is 13.2 Å². The lowest BCUT2D eigenvalue weighted by Gasteiger charge is -2.10. The first-order chi connectivity index (χ1) is 11.5. The van der Waals surface area contributed by atoms with Gasteiger partial charge in [-0.1, -0.05) is 0 Å². The largest absolute Gasteiger partial charge is 0.435 e. The highest BCUT2D eigenvalue weighted by atomic mass is 79.9. The van der Waals surface area contributed by atoms with Gasteiger partial charge in [0.25, 0.3) is 5.91 Å². The molecule has 2 aromatic rings. The number of carbonyl (C=O) groups excluding carboxylic acids is 1. The molecular weight excluding hydrogens is 417 g/mol. The summed E-state index contributed by atoms with van der Waals surface area (Å²) in [6.07, 6.45) is -4.69. The molecule has 0 saturated heterocycles. The number of rotatable bonds is 4. The normalized spacial score (nSPS) is 11.7. The van der Waals surface area contributed by atoms with E-state index in [4.69, 9.17) is 0 Å². The number of benzene rings is 1. The molecule has 0 saturated carbocycles. The lowest BCUT2D eigenvalue weighted by Crippen LogP contribution is -2.14. The Bertz CT molecular complexity index is 804. The zero-order chi connectivity index (χ0) is 18.9. The predicted octanol–water partition coefficient (Wildman–Crippen LogP) is 4.36. The molecule has 5 nitrogen and oxygen atoms in total. The molecule has 0 radical (unpaired) electrons. The Kier molecular flexibility index (Phi) is 5.35. The minimum absolute atomic E-state index is 0.108. The van der Waals surface area contributed by atoms with Gasteiger partial charge in [-0.3, -0.25) is 9.48 Å². The molecule has 1 N–H and O–H groups in total. The molecule has 0 aliphatic carbocycles. The van der Waals surface area contributed by atoms with Crippen LogP contribution in [0.1, 0.15) is 21.7 Å². The van der Waals surface area contributed by atoms with Crippen LogP contribution in [0.5, 0.6) is 5.75 Å². The van der Waals surface area contributed by atoms with E-state index in [-0.39, 0.29) is 11.4 Å². The van der Waals surface area contributed by atoms with E-state index in [0.29, 0.717) is 10.2 Å². The third-order valence-electron chi connectivity index (χ3n) is 3.14. The Morgan fingerprint density at radius 3 is 2.48 bits per heavy atom. The van der Waals surface area contributed by atoms with E-state index in [1.807, 2.05) is 0 Å². The average Bonchev–Trinajstić information content (AvgIpc) is 2.76. The maximum atomic E-state index is 12.9. The lowest BCUT2D eigenvalue weighted by atomic mass is 10.2. The van der Waals surface area contributed by atoms with Gasteiger partial charge >= 0.3 is 12.8 Å². The van der Waals surface area contributed by atoms with Gasteiger partial charge in [-0.15, -0.1) is 0 Å². The van der Waals surface area contributed by atoms with Crippen LogP contribution >= 0.6 is 15.9 Å². The molecule has 1 heterocycles. The number of aromatic nitrogens is 2. The molecule has 1 aromatic carbocycles. The molecule has 1 amide bonds. The molecule has 0 spiro atoms. The van der Waals surface area contributed by atoms with Gasteiger partial charge in [0.1, 0.15) is 5.75 Å². The Morgan fingerprint density at radius 2 is 2.00 bits per heavy atom. The maximum absolute atomic E-state index is 12.9. The Hall–Kier alpha value is -2.17. The molecule has 25 heavy (non-hydrogen) atoms. The SMILES string of the molecule is Cc1cc(OC(F)F)ccc1NC(=O)c1nn(C)c(C(F)(F)F)c1Br. The summed E-state index contributed by atoms with van der Waals surface area (Å²) in [6.45, 7) is -1.48. The van der Waals surface area contributed by atoms with Gasteiger partial charge in [-0.2, -0.15) is 27.1 Å². The first-order valence-corrected chi connectivity index (χ1v) is 7.46. The van der Waals surface area contributed by atoms with Crippen LogP contribution in [0.25, 0.3) is 0 Å². The molecule has 0 bridgehead atoms. The third-order valence-corrected chi connectivity index (χ3v) is 3.90. The van der Waals surface area contributed by atoms with Gasteiger partial charge in [-0.05, 0) is 46.6 Å². The smallest absolute Gasteiger partial charge is 0.434 e. The van der Waals surface area contributed by atoms with E-state index in [1.54, 1.807) is 0 Å². The second kappa shape index (κ2) is 6.98. The van der Waals surface area contributed by atoms with Crippen molar-refractivity contribution in [3.63, 3.8) is 0 Å². The van der Waals surface area contributed by atoms with Crippen molar-refractivity contribution in [2.75, 3.05) is 5.32 Å². The number of hydrogen-bond acceptors (Lipinski definition) is 3. The second-order valence-electron chi connectivity index (χ2n) is 4.94. The summed E-state index contributed by atoms with van der Waals surface area (Å²) in [6, 6.07) is 3.76. The third kappa shape index (κ3) is 4.27. The summed E-state index contributed by atoms with van der Waals surface area (Å²) in [4.78, 5) is 12.2. The van der Waals surface area contributed by atoms with Crippen molar-refractivity contribution in [1.29, 1.82) is 0 Å². The molecule has 0 aliphatic rings. The number of aryl methyl sites for hydroxylation is 2. The second-order valence-corrected chi connectivity index (χ2v) is 5.73. The Labute approximate surface area is 146 Å². The van der Waals surface area contributed by atoms with E-state index < -0.39 is 34.6 Å². The first kappa shape index (κ1) is 19.2. The number of nitrogens with zero attached hydrogens (tertiary/aromatic N) is 2. The Morgan fingerprint density at radius 1 is 1.36 bits per heavy atom. The fraction of sp³-hybridized carbons (Fsp3) is 0.286. The molecule has 136 valence electrons. The highest BCUT2D eigenvalue weighted by Crippen LogP contribution is 2.36. The van der Waals surface area contributed by atoms with Crippen LogP contribution < -0.4 is 10.1 Å². The molecule has 2 rings (SSSR count). The minimum atomic E-state index is -4.69. The number of nitrogens with one attached hydrogen (secondary N) is 1. The number of halogens is 6. The molecule has 1 aromatic heterocycles. The number of alkyl halides is 5. The topological polar surface area (TPSA) is 56.1 Å². The molecule has 0 unspecified atom stereocenters. The van der Waals surface area contributed by atoms with Crippen molar-refractivity contribution in [3.8, 4) is 5.75 Å². The highest BCUT2D eigenvalue weighted by Gasteiger charge is 2.39.